The van der Waals surface area contributed by atoms with Gasteiger partial charge in [-0.15, -0.1) is 0 Å². The fraction of sp³-hybridized carbons (Fsp3) is 0. The Kier molecular flexibility index (Phi) is 1.14. The standard InChI is InChI=1S/C7H3ClNO/c8-7-5-2-4-10-6(5)1-3-9-7/h1-3H. The summed E-state index contributed by atoms with van der Waals surface area (Å²) in [6.45, 7) is 0. The highest BCUT2D eigenvalue weighted by Crippen LogP contribution is 2.20. The molecule has 0 unspecified atom stereocenters. The molecule has 0 aliphatic heterocycles. The van der Waals surface area contributed by atoms with Crippen molar-refractivity contribution in [3.63, 3.8) is 0 Å². The van der Waals surface area contributed by atoms with E-state index in [9.17, 15) is 0 Å². The molecule has 0 amide bonds. The summed E-state index contributed by atoms with van der Waals surface area (Å²) in [6, 6.07) is 3.42. The summed E-state index contributed by atoms with van der Waals surface area (Å²) < 4.78 is 4.95. The van der Waals surface area contributed by atoms with Gasteiger partial charge < -0.3 is 4.42 Å². The molecule has 0 aromatic carbocycles. The van der Waals surface area contributed by atoms with Crippen LogP contribution in [-0.4, -0.2) is 4.98 Å². The molecule has 2 nitrogen and oxygen atoms in total. The maximum atomic E-state index is 5.71. The van der Waals surface area contributed by atoms with E-state index in [-0.39, 0.29) is 0 Å². The first-order valence-electron chi connectivity index (χ1n) is 2.78. The van der Waals surface area contributed by atoms with Crippen LogP contribution in [0.15, 0.2) is 22.7 Å². The summed E-state index contributed by atoms with van der Waals surface area (Å²) >= 11 is 5.71. The highest BCUT2D eigenvalue weighted by atomic mass is 35.5. The molecular formula is C7H3ClNO. The average Bonchev–Trinajstić information content (AvgIpc) is 2.36. The number of pyridine rings is 1. The summed E-state index contributed by atoms with van der Waals surface area (Å²) in [7, 11) is 0. The second kappa shape index (κ2) is 1.99. The first-order chi connectivity index (χ1) is 4.88. The van der Waals surface area contributed by atoms with Crippen molar-refractivity contribution in [2.75, 3.05) is 0 Å². The Morgan fingerprint density at radius 1 is 1.60 bits per heavy atom. The first kappa shape index (κ1) is 5.74. The Labute approximate surface area is 62.4 Å². The Hall–Kier alpha value is -1.02. The highest BCUT2D eigenvalue weighted by molar-refractivity contribution is 6.33. The van der Waals surface area contributed by atoms with Crippen molar-refractivity contribution in [1.29, 1.82) is 0 Å². The van der Waals surface area contributed by atoms with Crippen molar-refractivity contribution >= 4 is 22.6 Å². The van der Waals surface area contributed by atoms with Gasteiger partial charge in [-0.2, -0.15) is 0 Å². The van der Waals surface area contributed by atoms with Crippen LogP contribution < -0.4 is 0 Å². The summed E-state index contributed by atoms with van der Waals surface area (Å²) in [5.74, 6) is 0. The largest absolute Gasteiger partial charge is 0.453 e. The second-order valence-corrected chi connectivity index (χ2v) is 2.24. The van der Waals surface area contributed by atoms with Gasteiger partial charge in [0.2, 0.25) is 0 Å². The van der Waals surface area contributed by atoms with Crippen LogP contribution in [0.3, 0.4) is 0 Å². The van der Waals surface area contributed by atoms with Gasteiger partial charge in [0.25, 0.3) is 0 Å². The molecule has 0 aliphatic rings. The second-order valence-electron chi connectivity index (χ2n) is 1.88. The van der Waals surface area contributed by atoms with Crippen molar-refractivity contribution < 1.29 is 4.42 Å². The van der Waals surface area contributed by atoms with Gasteiger partial charge in [-0.05, 0) is 12.1 Å². The number of hydrogen-bond donors (Lipinski definition) is 0. The molecule has 0 bridgehead atoms. The molecule has 0 N–H and O–H groups in total. The molecule has 2 heterocycles. The van der Waals surface area contributed by atoms with Gasteiger partial charge in [0.1, 0.15) is 10.7 Å². The summed E-state index contributed by atoms with van der Waals surface area (Å²) in [5, 5.41) is 1.27. The maximum absolute atomic E-state index is 5.71. The van der Waals surface area contributed by atoms with Gasteiger partial charge in [-0.3, -0.25) is 0 Å². The van der Waals surface area contributed by atoms with Crippen LogP contribution in [0.25, 0.3) is 11.0 Å². The number of hydrogen-bond acceptors (Lipinski definition) is 2. The third-order valence-electron chi connectivity index (χ3n) is 1.27. The predicted molar refractivity (Wildman–Crippen MR) is 37.9 cm³/mol. The maximum Gasteiger partial charge on any atom is 0.170 e. The van der Waals surface area contributed by atoms with E-state index in [2.05, 4.69) is 11.2 Å². The van der Waals surface area contributed by atoms with E-state index in [1.54, 1.807) is 18.3 Å². The Balaban J connectivity index is 2.95. The Bertz CT molecular complexity index is 355. The Morgan fingerprint density at radius 2 is 2.50 bits per heavy atom. The van der Waals surface area contributed by atoms with Crippen molar-refractivity contribution in [2.24, 2.45) is 0 Å². The normalized spacial score (nSPS) is 10.5. The average molecular weight is 153 g/mol. The van der Waals surface area contributed by atoms with Crippen LogP contribution in [0, 0.1) is 6.26 Å². The molecule has 10 heavy (non-hydrogen) atoms. The molecular weight excluding hydrogens is 150 g/mol. The third-order valence-corrected chi connectivity index (χ3v) is 1.57. The topological polar surface area (TPSA) is 26.0 Å². The van der Waals surface area contributed by atoms with Crippen LogP contribution in [-0.2, 0) is 0 Å². The lowest BCUT2D eigenvalue weighted by Crippen LogP contribution is -1.71. The summed E-state index contributed by atoms with van der Waals surface area (Å²) in [6.07, 6.45) is 4.18. The van der Waals surface area contributed by atoms with E-state index in [0.29, 0.717) is 5.15 Å². The van der Waals surface area contributed by atoms with Crippen molar-refractivity contribution in [2.45, 2.75) is 0 Å². The molecule has 0 saturated carbocycles. The number of nitrogens with zero attached hydrogens (tertiary/aromatic N) is 1. The molecule has 2 aromatic heterocycles. The van der Waals surface area contributed by atoms with Gasteiger partial charge in [0, 0.05) is 6.20 Å². The number of halogens is 1. The van der Waals surface area contributed by atoms with Gasteiger partial charge in [0.05, 0.1) is 5.39 Å². The molecule has 1 radical (unpaired) electrons. The van der Waals surface area contributed by atoms with E-state index in [4.69, 9.17) is 16.0 Å². The van der Waals surface area contributed by atoms with Crippen LogP contribution >= 0.6 is 11.6 Å². The third kappa shape index (κ3) is 0.693. The summed E-state index contributed by atoms with van der Waals surface area (Å²) in [4.78, 5) is 3.86. The number of aromatic nitrogens is 1. The van der Waals surface area contributed by atoms with E-state index < -0.39 is 0 Å². The number of fused-ring (bicyclic) bond motifs is 1. The zero-order valence-electron chi connectivity index (χ0n) is 4.97. The number of rotatable bonds is 0. The molecule has 0 spiro atoms. The van der Waals surface area contributed by atoms with Crippen LogP contribution in [0.5, 0.6) is 0 Å². The SMILES string of the molecule is Clc1nccc2o[c]cc12. The van der Waals surface area contributed by atoms with Crippen molar-refractivity contribution in [3.05, 3.63) is 29.7 Å². The Morgan fingerprint density at radius 3 is 3.30 bits per heavy atom. The molecule has 0 fully saturated rings. The van der Waals surface area contributed by atoms with E-state index >= 15 is 0 Å². The lowest BCUT2D eigenvalue weighted by Gasteiger charge is -1.87. The zero-order chi connectivity index (χ0) is 6.97. The lowest BCUT2D eigenvalue weighted by molar-refractivity contribution is 0.606. The lowest BCUT2D eigenvalue weighted by atomic mass is 10.3. The van der Waals surface area contributed by atoms with E-state index in [0.717, 1.165) is 11.0 Å². The molecule has 0 aliphatic carbocycles. The summed E-state index contributed by atoms with van der Waals surface area (Å²) in [5.41, 5.74) is 0.722. The van der Waals surface area contributed by atoms with Gasteiger partial charge in [-0.1, -0.05) is 11.6 Å². The fourth-order valence-electron chi connectivity index (χ4n) is 0.803. The van der Waals surface area contributed by atoms with Crippen molar-refractivity contribution in [1.82, 2.24) is 4.98 Å². The highest BCUT2D eigenvalue weighted by Gasteiger charge is 2.00. The van der Waals surface area contributed by atoms with E-state index in [1.165, 1.54) is 0 Å². The molecule has 3 heteroatoms. The minimum atomic E-state index is 0.461. The first-order valence-corrected chi connectivity index (χ1v) is 3.16. The minimum absolute atomic E-state index is 0.461. The molecule has 2 rings (SSSR count). The number of furan rings is 1. The van der Waals surface area contributed by atoms with E-state index in [1.807, 2.05) is 0 Å². The predicted octanol–water partition coefficient (Wildman–Crippen LogP) is 2.28. The zero-order valence-corrected chi connectivity index (χ0v) is 5.72. The van der Waals surface area contributed by atoms with Gasteiger partial charge in [0.15, 0.2) is 6.26 Å². The monoisotopic (exact) mass is 152 g/mol. The quantitative estimate of drug-likeness (QED) is 0.542. The minimum Gasteiger partial charge on any atom is -0.453 e. The van der Waals surface area contributed by atoms with Crippen LogP contribution in [0.2, 0.25) is 5.15 Å². The fourth-order valence-corrected chi connectivity index (χ4v) is 1.01. The smallest absolute Gasteiger partial charge is 0.170 e. The molecule has 49 valence electrons. The molecule has 0 saturated heterocycles. The molecule has 2 aromatic rings. The van der Waals surface area contributed by atoms with Gasteiger partial charge >= 0.3 is 0 Å². The van der Waals surface area contributed by atoms with Crippen molar-refractivity contribution in [3.8, 4) is 0 Å². The molecule has 0 atom stereocenters. The van der Waals surface area contributed by atoms with Crippen LogP contribution in [0.1, 0.15) is 0 Å². The van der Waals surface area contributed by atoms with Crippen LogP contribution in [0.4, 0.5) is 0 Å². The van der Waals surface area contributed by atoms with Gasteiger partial charge in [-0.25, -0.2) is 4.98 Å².